The fourth-order valence-electron chi connectivity index (χ4n) is 2.46. The van der Waals surface area contributed by atoms with Gasteiger partial charge in [0.15, 0.2) is 0 Å². The Labute approximate surface area is 95.4 Å². The highest BCUT2D eigenvalue weighted by Crippen LogP contribution is 2.65. The number of benzene rings is 1. The van der Waals surface area contributed by atoms with Crippen LogP contribution < -0.4 is 0 Å². The first-order valence-corrected chi connectivity index (χ1v) is 5.58. The number of rotatable bonds is 2. The van der Waals surface area contributed by atoms with Crippen molar-refractivity contribution < 1.29 is 4.79 Å². The molecule has 0 bridgehead atoms. The Balaban J connectivity index is 2.27. The first kappa shape index (κ1) is 10.7. The minimum Gasteiger partial charge on any atom is -0.281 e. The van der Waals surface area contributed by atoms with Gasteiger partial charge in [0.2, 0.25) is 5.24 Å². The number of carbonyl (C=O) groups is 1. The lowest BCUT2D eigenvalue weighted by Gasteiger charge is -2.02. The minimum absolute atomic E-state index is 0.0122. The smallest absolute Gasteiger partial charge is 0.225 e. The summed E-state index contributed by atoms with van der Waals surface area (Å²) in [5.41, 5.74) is 2.49. The number of aryl methyl sites for hydroxylation is 1. The molecule has 1 aromatic rings. The van der Waals surface area contributed by atoms with Gasteiger partial charge in [0, 0.05) is 11.8 Å². The molecule has 0 radical (unpaired) electrons. The lowest BCUT2D eigenvalue weighted by Crippen LogP contribution is -1.96. The van der Waals surface area contributed by atoms with Crippen LogP contribution in [0, 0.1) is 18.3 Å². The molecule has 0 heterocycles. The van der Waals surface area contributed by atoms with Gasteiger partial charge in [0.05, 0.1) is 0 Å². The highest BCUT2D eigenvalue weighted by atomic mass is 35.5. The Bertz CT molecular complexity index is 392. The van der Waals surface area contributed by atoms with E-state index in [0.717, 1.165) is 0 Å². The number of hydrogen-bond donors (Lipinski definition) is 0. The second kappa shape index (κ2) is 3.34. The molecule has 0 saturated heterocycles. The molecule has 1 saturated carbocycles. The molecule has 15 heavy (non-hydrogen) atoms. The van der Waals surface area contributed by atoms with Gasteiger partial charge in [-0.3, -0.25) is 4.79 Å². The van der Waals surface area contributed by atoms with E-state index in [4.69, 9.17) is 11.6 Å². The van der Waals surface area contributed by atoms with Gasteiger partial charge in [-0.15, -0.1) is 0 Å². The van der Waals surface area contributed by atoms with Crippen molar-refractivity contribution in [2.24, 2.45) is 11.3 Å². The lowest BCUT2D eigenvalue weighted by molar-refractivity contribution is -0.113. The average molecular weight is 223 g/mol. The van der Waals surface area contributed by atoms with E-state index in [1.54, 1.807) is 0 Å². The van der Waals surface area contributed by atoms with Crippen molar-refractivity contribution in [3.8, 4) is 0 Å². The highest BCUT2D eigenvalue weighted by Gasteiger charge is 2.61. The van der Waals surface area contributed by atoms with Crippen LogP contribution in [0.1, 0.15) is 30.9 Å². The van der Waals surface area contributed by atoms with Crippen LogP contribution in [0.25, 0.3) is 0 Å². The van der Waals surface area contributed by atoms with Crippen LogP contribution in [0.4, 0.5) is 0 Å². The normalized spacial score (nSPS) is 27.5. The summed E-state index contributed by atoms with van der Waals surface area (Å²) in [5, 5.41) is -0.203. The van der Waals surface area contributed by atoms with Gasteiger partial charge in [-0.25, -0.2) is 0 Å². The Morgan fingerprint density at radius 3 is 2.20 bits per heavy atom. The van der Waals surface area contributed by atoms with Gasteiger partial charge in [0.1, 0.15) is 0 Å². The summed E-state index contributed by atoms with van der Waals surface area (Å²) in [6.07, 6.45) is 0. The van der Waals surface area contributed by atoms with E-state index in [1.807, 2.05) is 0 Å². The molecule has 0 amide bonds. The van der Waals surface area contributed by atoms with E-state index in [2.05, 4.69) is 45.0 Å². The summed E-state index contributed by atoms with van der Waals surface area (Å²) in [6, 6.07) is 8.36. The van der Waals surface area contributed by atoms with Gasteiger partial charge in [0.25, 0.3) is 0 Å². The van der Waals surface area contributed by atoms with Crippen molar-refractivity contribution in [2.45, 2.75) is 26.7 Å². The lowest BCUT2D eigenvalue weighted by atomic mass is 10.0. The number of halogens is 1. The van der Waals surface area contributed by atoms with E-state index >= 15 is 0 Å². The predicted octanol–water partition coefficient (Wildman–Crippen LogP) is 3.50. The van der Waals surface area contributed by atoms with Crippen LogP contribution >= 0.6 is 11.6 Å². The zero-order valence-electron chi connectivity index (χ0n) is 9.25. The SMILES string of the molecule is Cc1ccc(C2C(C(=O)Cl)C2(C)C)cc1. The molecule has 2 atom stereocenters. The second-order valence-corrected chi connectivity index (χ2v) is 5.36. The molecule has 0 aliphatic heterocycles. The van der Waals surface area contributed by atoms with Crippen molar-refractivity contribution in [1.82, 2.24) is 0 Å². The Morgan fingerprint density at radius 1 is 1.27 bits per heavy atom. The molecule has 1 aliphatic rings. The van der Waals surface area contributed by atoms with E-state index < -0.39 is 0 Å². The molecule has 1 aromatic carbocycles. The third-order valence-electron chi connectivity index (χ3n) is 3.51. The van der Waals surface area contributed by atoms with Crippen molar-refractivity contribution in [1.29, 1.82) is 0 Å². The Hall–Kier alpha value is -0.820. The average Bonchev–Trinajstić information content (AvgIpc) is 2.70. The molecule has 2 heteroatoms. The van der Waals surface area contributed by atoms with Crippen LogP contribution in [-0.4, -0.2) is 5.24 Å². The van der Waals surface area contributed by atoms with E-state index in [-0.39, 0.29) is 16.6 Å². The first-order chi connectivity index (χ1) is 6.94. The van der Waals surface area contributed by atoms with Crippen molar-refractivity contribution in [3.05, 3.63) is 35.4 Å². The largest absolute Gasteiger partial charge is 0.281 e. The van der Waals surface area contributed by atoms with Crippen molar-refractivity contribution in [3.63, 3.8) is 0 Å². The molecule has 0 spiro atoms. The van der Waals surface area contributed by atoms with Gasteiger partial charge >= 0.3 is 0 Å². The zero-order valence-corrected chi connectivity index (χ0v) is 10.0. The minimum atomic E-state index is -0.203. The van der Waals surface area contributed by atoms with E-state index in [9.17, 15) is 4.79 Å². The van der Waals surface area contributed by atoms with Gasteiger partial charge < -0.3 is 0 Å². The maximum Gasteiger partial charge on any atom is 0.225 e. The molecule has 1 aliphatic carbocycles. The number of carbonyl (C=O) groups excluding carboxylic acids is 1. The molecular weight excluding hydrogens is 208 g/mol. The topological polar surface area (TPSA) is 17.1 Å². The van der Waals surface area contributed by atoms with Gasteiger partial charge in [-0.2, -0.15) is 0 Å². The van der Waals surface area contributed by atoms with Crippen molar-refractivity contribution in [2.75, 3.05) is 0 Å². The highest BCUT2D eigenvalue weighted by molar-refractivity contribution is 6.64. The van der Waals surface area contributed by atoms with Crippen LogP contribution in [0.3, 0.4) is 0 Å². The fourth-order valence-corrected chi connectivity index (χ4v) is 2.86. The maximum absolute atomic E-state index is 11.2. The molecular formula is C13H15ClO. The first-order valence-electron chi connectivity index (χ1n) is 5.20. The third kappa shape index (κ3) is 1.69. The van der Waals surface area contributed by atoms with Crippen LogP contribution in [0.5, 0.6) is 0 Å². The molecule has 80 valence electrons. The molecule has 2 unspecified atom stereocenters. The van der Waals surface area contributed by atoms with E-state index in [1.165, 1.54) is 11.1 Å². The quantitative estimate of drug-likeness (QED) is 0.700. The second-order valence-electron chi connectivity index (χ2n) is 4.99. The fraction of sp³-hybridized carbons (Fsp3) is 0.462. The monoisotopic (exact) mass is 222 g/mol. The molecule has 0 N–H and O–H groups in total. The summed E-state index contributed by atoms with van der Waals surface area (Å²) in [7, 11) is 0. The predicted molar refractivity (Wildman–Crippen MR) is 62.1 cm³/mol. The summed E-state index contributed by atoms with van der Waals surface area (Å²) in [4.78, 5) is 11.2. The van der Waals surface area contributed by atoms with Crippen LogP contribution in [-0.2, 0) is 4.79 Å². The molecule has 0 aromatic heterocycles. The summed E-state index contributed by atoms with van der Waals surface area (Å²) in [5.74, 6) is 0.282. The molecule has 1 fully saturated rings. The molecule has 1 nitrogen and oxygen atoms in total. The van der Waals surface area contributed by atoms with E-state index in [0.29, 0.717) is 5.92 Å². The van der Waals surface area contributed by atoms with Crippen LogP contribution in [0.15, 0.2) is 24.3 Å². The Kier molecular flexibility index (Phi) is 2.38. The van der Waals surface area contributed by atoms with Crippen molar-refractivity contribution >= 4 is 16.8 Å². The third-order valence-corrected chi connectivity index (χ3v) is 3.74. The summed E-state index contributed by atoms with van der Waals surface area (Å²) >= 11 is 5.60. The number of hydrogen-bond acceptors (Lipinski definition) is 1. The molecule has 2 rings (SSSR count). The van der Waals surface area contributed by atoms with Gasteiger partial charge in [-0.05, 0) is 29.5 Å². The van der Waals surface area contributed by atoms with Gasteiger partial charge in [-0.1, -0.05) is 43.7 Å². The zero-order chi connectivity index (χ0) is 11.2. The summed E-state index contributed by atoms with van der Waals surface area (Å²) in [6.45, 7) is 6.26. The standard InChI is InChI=1S/C13H15ClO/c1-8-4-6-9(7-5-8)10-11(12(14)15)13(10,2)3/h4-7,10-11H,1-3H3. The summed E-state index contributed by atoms with van der Waals surface area (Å²) < 4.78 is 0. The maximum atomic E-state index is 11.2. The van der Waals surface area contributed by atoms with Crippen LogP contribution in [0.2, 0.25) is 0 Å². The Morgan fingerprint density at radius 2 is 1.80 bits per heavy atom.